The highest BCUT2D eigenvalue weighted by Crippen LogP contribution is 2.33. The summed E-state index contributed by atoms with van der Waals surface area (Å²) in [4.78, 5) is 25.4. The summed E-state index contributed by atoms with van der Waals surface area (Å²) in [6.07, 6.45) is 3.82. The number of fused-ring (bicyclic) bond motifs is 1. The van der Waals surface area contributed by atoms with Crippen LogP contribution in [0.25, 0.3) is 0 Å². The molecule has 0 radical (unpaired) electrons. The van der Waals surface area contributed by atoms with Crippen LogP contribution in [-0.4, -0.2) is 25.0 Å². The zero-order valence-corrected chi connectivity index (χ0v) is 15.2. The Morgan fingerprint density at radius 2 is 2.08 bits per heavy atom. The van der Waals surface area contributed by atoms with Crippen LogP contribution in [-0.2, 0) is 28.8 Å². The lowest BCUT2D eigenvalue weighted by molar-refractivity contribution is -0.124. The van der Waals surface area contributed by atoms with Crippen LogP contribution in [0.4, 0.5) is 0 Å². The molecular formula is C20H23NO3S. The van der Waals surface area contributed by atoms with Crippen LogP contribution in [0.1, 0.15) is 39.7 Å². The maximum atomic E-state index is 12.3. The molecule has 1 aliphatic rings. The minimum Gasteiger partial charge on any atom is -0.452 e. The number of rotatable bonds is 6. The first-order valence-electron chi connectivity index (χ1n) is 8.70. The number of hydrogen-bond donors (Lipinski definition) is 1. The van der Waals surface area contributed by atoms with E-state index in [1.807, 2.05) is 35.7 Å². The van der Waals surface area contributed by atoms with Gasteiger partial charge in [0.25, 0.3) is 5.91 Å². The van der Waals surface area contributed by atoms with Gasteiger partial charge in [0, 0.05) is 16.8 Å². The fourth-order valence-corrected chi connectivity index (χ4v) is 4.33. The lowest BCUT2D eigenvalue weighted by Crippen LogP contribution is -2.30. The number of esters is 1. The monoisotopic (exact) mass is 357 g/mol. The minimum absolute atomic E-state index is 0.228. The van der Waals surface area contributed by atoms with Crippen molar-refractivity contribution in [3.63, 3.8) is 0 Å². The summed E-state index contributed by atoms with van der Waals surface area (Å²) in [6, 6.07) is 9.95. The maximum absolute atomic E-state index is 12.3. The molecule has 1 aromatic carbocycles. The molecule has 0 saturated carbocycles. The first kappa shape index (κ1) is 17.7. The van der Waals surface area contributed by atoms with Gasteiger partial charge in [0.2, 0.25) is 0 Å². The van der Waals surface area contributed by atoms with Gasteiger partial charge in [-0.3, -0.25) is 4.79 Å². The molecule has 2 aromatic rings. The Morgan fingerprint density at radius 1 is 1.28 bits per heavy atom. The van der Waals surface area contributed by atoms with E-state index in [4.69, 9.17) is 4.74 Å². The predicted octanol–water partition coefficient (Wildman–Crippen LogP) is 3.39. The van der Waals surface area contributed by atoms with E-state index < -0.39 is 0 Å². The number of carbonyl (C=O) groups excluding carboxylic acids is 2. The van der Waals surface area contributed by atoms with Gasteiger partial charge in [0.1, 0.15) is 0 Å². The lowest BCUT2D eigenvalue weighted by atomic mass is 9.88. The summed E-state index contributed by atoms with van der Waals surface area (Å²) < 4.78 is 5.20. The fraction of sp³-hybridized carbons (Fsp3) is 0.400. The smallest absolute Gasteiger partial charge is 0.339 e. The molecule has 1 atom stereocenters. The van der Waals surface area contributed by atoms with Gasteiger partial charge in [-0.1, -0.05) is 37.3 Å². The largest absolute Gasteiger partial charge is 0.452 e. The molecular weight excluding hydrogens is 334 g/mol. The molecule has 25 heavy (non-hydrogen) atoms. The normalized spacial score (nSPS) is 16.1. The zero-order valence-electron chi connectivity index (χ0n) is 14.4. The van der Waals surface area contributed by atoms with Crippen molar-refractivity contribution in [2.45, 2.75) is 32.6 Å². The van der Waals surface area contributed by atoms with E-state index in [1.54, 1.807) is 11.3 Å². The van der Waals surface area contributed by atoms with Gasteiger partial charge in [-0.2, -0.15) is 0 Å². The van der Waals surface area contributed by atoms with Crippen LogP contribution in [0.2, 0.25) is 0 Å². The number of ether oxygens (including phenoxy) is 1. The van der Waals surface area contributed by atoms with Gasteiger partial charge in [-0.25, -0.2) is 4.79 Å². The van der Waals surface area contributed by atoms with Crippen LogP contribution in [0.3, 0.4) is 0 Å². The summed E-state index contributed by atoms with van der Waals surface area (Å²) in [5.41, 5.74) is 2.93. The molecule has 1 heterocycles. The van der Waals surface area contributed by atoms with Gasteiger partial charge >= 0.3 is 5.97 Å². The van der Waals surface area contributed by atoms with Crippen molar-refractivity contribution >= 4 is 23.2 Å². The molecule has 132 valence electrons. The summed E-state index contributed by atoms with van der Waals surface area (Å²) in [5, 5.41) is 4.66. The third-order valence-electron chi connectivity index (χ3n) is 4.53. The first-order valence-corrected chi connectivity index (χ1v) is 9.58. The molecule has 1 unspecified atom stereocenters. The Hall–Kier alpha value is -2.14. The zero-order chi connectivity index (χ0) is 17.6. The maximum Gasteiger partial charge on any atom is 0.339 e. The molecule has 0 saturated heterocycles. The highest BCUT2D eigenvalue weighted by atomic mass is 32.1. The quantitative estimate of drug-likeness (QED) is 0.806. The molecule has 1 aromatic heterocycles. The second kappa shape index (κ2) is 8.30. The number of thiophene rings is 1. The Morgan fingerprint density at radius 3 is 2.88 bits per heavy atom. The van der Waals surface area contributed by atoms with Crippen LogP contribution in [0, 0.1) is 5.92 Å². The summed E-state index contributed by atoms with van der Waals surface area (Å²) in [5.74, 6) is 0.0256. The van der Waals surface area contributed by atoms with E-state index in [0.29, 0.717) is 18.0 Å². The molecule has 4 nitrogen and oxygen atoms in total. The topological polar surface area (TPSA) is 55.4 Å². The molecule has 1 amide bonds. The highest BCUT2D eigenvalue weighted by molar-refractivity contribution is 7.10. The third-order valence-corrected chi connectivity index (χ3v) is 5.59. The second-order valence-corrected chi connectivity index (χ2v) is 7.52. The Labute approximate surface area is 152 Å². The number of hydrogen-bond acceptors (Lipinski definition) is 4. The molecule has 0 aliphatic heterocycles. The van der Waals surface area contributed by atoms with E-state index in [1.165, 1.54) is 10.4 Å². The highest BCUT2D eigenvalue weighted by Gasteiger charge is 2.24. The molecule has 3 rings (SSSR count). The van der Waals surface area contributed by atoms with E-state index in [2.05, 4.69) is 12.2 Å². The van der Waals surface area contributed by atoms with Gasteiger partial charge in [0.15, 0.2) is 6.61 Å². The average Bonchev–Trinajstić information content (AvgIpc) is 3.03. The Bertz CT molecular complexity index is 739. The fourth-order valence-electron chi connectivity index (χ4n) is 3.10. The van der Waals surface area contributed by atoms with Crippen molar-refractivity contribution in [2.24, 2.45) is 5.92 Å². The van der Waals surface area contributed by atoms with Gasteiger partial charge in [0.05, 0.1) is 5.56 Å². The van der Waals surface area contributed by atoms with Crippen molar-refractivity contribution in [2.75, 3.05) is 13.2 Å². The van der Waals surface area contributed by atoms with Crippen molar-refractivity contribution in [1.82, 2.24) is 5.32 Å². The van der Waals surface area contributed by atoms with Crippen LogP contribution in [0.5, 0.6) is 0 Å². The second-order valence-electron chi connectivity index (χ2n) is 6.56. The molecule has 1 N–H and O–H groups in total. The van der Waals surface area contributed by atoms with Crippen LogP contribution >= 0.6 is 11.3 Å². The Balaban J connectivity index is 1.44. The molecule has 1 aliphatic carbocycles. The molecule has 5 heteroatoms. The van der Waals surface area contributed by atoms with Gasteiger partial charge < -0.3 is 10.1 Å². The number of amides is 1. The first-order chi connectivity index (χ1) is 12.1. The van der Waals surface area contributed by atoms with Crippen molar-refractivity contribution in [1.29, 1.82) is 0 Å². The molecule has 0 bridgehead atoms. The molecule has 0 spiro atoms. The lowest BCUT2D eigenvalue weighted by Gasteiger charge is -2.18. The number of nitrogens with one attached hydrogen (secondary N) is 1. The molecule has 0 fully saturated rings. The van der Waals surface area contributed by atoms with E-state index in [9.17, 15) is 9.59 Å². The number of carbonyl (C=O) groups is 2. The van der Waals surface area contributed by atoms with E-state index >= 15 is 0 Å². The Kier molecular flexibility index (Phi) is 5.87. The predicted molar refractivity (Wildman–Crippen MR) is 98.9 cm³/mol. The number of benzene rings is 1. The third kappa shape index (κ3) is 4.69. The van der Waals surface area contributed by atoms with Gasteiger partial charge in [-0.05, 0) is 42.7 Å². The van der Waals surface area contributed by atoms with Crippen LogP contribution < -0.4 is 5.32 Å². The van der Waals surface area contributed by atoms with Crippen molar-refractivity contribution in [3.05, 3.63) is 57.3 Å². The standard InChI is InChI=1S/C20H23NO3S/c1-14-7-8-16-17(13-25-18(16)11-14)20(23)24-12-19(22)21-10-9-15-5-3-2-4-6-15/h2-6,13-14H,7-12H2,1H3,(H,21,22). The minimum atomic E-state index is -0.384. The summed E-state index contributed by atoms with van der Waals surface area (Å²) in [7, 11) is 0. The van der Waals surface area contributed by atoms with Crippen molar-refractivity contribution in [3.8, 4) is 0 Å². The van der Waals surface area contributed by atoms with Crippen molar-refractivity contribution < 1.29 is 14.3 Å². The average molecular weight is 357 g/mol. The summed E-state index contributed by atoms with van der Waals surface area (Å²) in [6.45, 7) is 2.54. The van der Waals surface area contributed by atoms with Gasteiger partial charge in [-0.15, -0.1) is 11.3 Å². The SMILES string of the molecule is CC1CCc2c(C(=O)OCC(=O)NCCc3ccccc3)csc2C1. The van der Waals surface area contributed by atoms with E-state index in [-0.39, 0.29) is 18.5 Å². The van der Waals surface area contributed by atoms with Crippen LogP contribution in [0.15, 0.2) is 35.7 Å². The summed E-state index contributed by atoms with van der Waals surface area (Å²) >= 11 is 1.63. The van der Waals surface area contributed by atoms with E-state index in [0.717, 1.165) is 31.2 Å².